The molecule has 0 aliphatic rings. The first-order chi connectivity index (χ1) is 9.29. The van der Waals surface area contributed by atoms with Crippen molar-refractivity contribution in [1.82, 2.24) is 4.98 Å². The van der Waals surface area contributed by atoms with Gasteiger partial charge in [0.1, 0.15) is 11.4 Å². The van der Waals surface area contributed by atoms with Crippen molar-refractivity contribution in [3.63, 3.8) is 0 Å². The summed E-state index contributed by atoms with van der Waals surface area (Å²) in [5.74, 6) is 0.810. The van der Waals surface area contributed by atoms with Crippen molar-refractivity contribution in [2.24, 2.45) is 0 Å². The first kappa shape index (κ1) is 11.7. The molecule has 0 amide bonds. The molecule has 0 aliphatic heterocycles. The van der Waals surface area contributed by atoms with Gasteiger partial charge in [0.15, 0.2) is 0 Å². The molecule has 0 fully saturated rings. The van der Waals surface area contributed by atoms with Crippen LogP contribution in [-0.4, -0.2) is 12.1 Å². The monoisotopic (exact) mass is 249 g/mol. The van der Waals surface area contributed by atoms with Crippen molar-refractivity contribution < 1.29 is 4.74 Å². The predicted molar refractivity (Wildman–Crippen MR) is 78.5 cm³/mol. The molecule has 0 atom stereocenters. The van der Waals surface area contributed by atoms with Crippen LogP contribution in [0.5, 0.6) is 5.75 Å². The van der Waals surface area contributed by atoms with Crippen LogP contribution >= 0.6 is 0 Å². The van der Waals surface area contributed by atoms with Crippen LogP contribution in [0.3, 0.4) is 0 Å². The first-order valence-corrected chi connectivity index (χ1v) is 6.29. The van der Waals surface area contributed by atoms with Crippen LogP contribution in [0.4, 0.5) is 0 Å². The molecule has 1 heterocycles. The number of hydrogen-bond acceptors (Lipinski definition) is 2. The van der Waals surface area contributed by atoms with Crippen LogP contribution < -0.4 is 4.74 Å². The van der Waals surface area contributed by atoms with Crippen molar-refractivity contribution in [3.8, 4) is 17.0 Å². The molecular formula is C17H15NO. The largest absolute Gasteiger partial charge is 0.494 e. The smallest absolute Gasteiger partial charge is 0.145 e. The molecule has 19 heavy (non-hydrogen) atoms. The third-order valence-electron chi connectivity index (χ3n) is 3.28. The Balaban J connectivity index is 2.32. The first-order valence-electron chi connectivity index (χ1n) is 6.29. The summed E-state index contributed by atoms with van der Waals surface area (Å²) < 4.78 is 5.49. The molecule has 2 nitrogen and oxygen atoms in total. The van der Waals surface area contributed by atoms with E-state index in [2.05, 4.69) is 37.3 Å². The lowest BCUT2D eigenvalue weighted by Crippen LogP contribution is -1.93. The summed E-state index contributed by atoms with van der Waals surface area (Å²) in [6, 6.07) is 18.4. The standard InChI is InChI=1S/C17H15NO/c1-12-7-6-10-14-11-15(19-2)17(18-16(12)14)13-8-4-3-5-9-13/h3-11H,1-2H3. The molecule has 3 rings (SSSR count). The zero-order chi connectivity index (χ0) is 13.2. The summed E-state index contributed by atoms with van der Waals surface area (Å²) in [4.78, 5) is 4.79. The zero-order valence-corrected chi connectivity index (χ0v) is 11.1. The molecular weight excluding hydrogens is 234 g/mol. The number of rotatable bonds is 2. The molecule has 2 aromatic carbocycles. The van der Waals surface area contributed by atoms with Gasteiger partial charge in [-0.05, 0) is 18.6 Å². The van der Waals surface area contributed by atoms with Crippen LogP contribution in [0.25, 0.3) is 22.2 Å². The third-order valence-corrected chi connectivity index (χ3v) is 3.28. The van der Waals surface area contributed by atoms with Gasteiger partial charge < -0.3 is 4.74 Å². The average molecular weight is 249 g/mol. The topological polar surface area (TPSA) is 22.1 Å². The summed E-state index contributed by atoms with van der Waals surface area (Å²) in [6.45, 7) is 2.08. The SMILES string of the molecule is COc1cc2cccc(C)c2nc1-c1ccccc1. The van der Waals surface area contributed by atoms with E-state index in [-0.39, 0.29) is 0 Å². The maximum atomic E-state index is 5.49. The van der Waals surface area contributed by atoms with Crippen molar-refractivity contribution in [2.75, 3.05) is 7.11 Å². The Morgan fingerprint density at radius 1 is 0.947 bits per heavy atom. The fraction of sp³-hybridized carbons (Fsp3) is 0.118. The molecule has 0 aliphatic carbocycles. The Morgan fingerprint density at radius 3 is 2.47 bits per heavy atom. The fourth-order valence-corrected chi connectivity index (χ4v) is 2.29. The lowest BCUT2D eigenvalue weighted by Gasteiger charge is -2.10. The third kappa shape index (κ3) is 2.06. The minimum absolute atomic E-state index is 0.810. The Morgan fingerprint density at radius 2 is 1.74 bits per heavy atom. The van der Waals surface area contributed by atoms with Crippen LogP contribution in [0.15, 0.2) is 54.6 Å². The summed E-state index contributed by atoms with van der Waals surface area (Å²) >= 11 is 0. The van der Waals surface area contributed by atoms with Crippen molar-refractivity contribution in [1.29, 1.82) is 0 Å². The van der Waals surface area contributed by atoms with Crippen LogP contribution in [0.1, 0.15) is 5.56 Å². The number of aryl methyl sites for hydroxylation is 1. The second-order valence-electron chi connectivity index (χ2n) is 4.55. The van der Waals surface area contributed by atoms with E-state index in [1.54, 1.807) is 7.11 Å². The van der Waals surface area contributed by atoms with E-state index in [1.807, 2.05) is 24.3 Å². The van der Waals surface area contributed by atoms with Crippen LogP contribution in [-0.2, 0) is 0 Å². The lowest BCUT2D eigenvalue weighted by molar-refractivity contribution is 0.415. The number of para-hydroxylation sites is 1. The molecule has 0 bridgehead atoms. The number of hydrogen-bond donors (Lipinski definition) is 0. The zero-order valence-electron chi connectivity index (χ0n) is 11.1. The van der Waals surface area contributed by atoms with Gasteiger partial charge in [-0.2, -0.15) is 0 Å². The number of fused-ring (bicyclic) bond motifs is 1. The Hall–Kier alpha value is -2.35. The number of pyridine rings is 1. The van der Waals surface area contributed by atoms with Gasteiger partial charge >= 0.3 is 0 Å². The van der Waals surface area contributed by atoms with Gasteiger partial charge in [-0.25, -0.2) is 4.98 Å². The normalized spacial score (nSPS) is 10.6. The van der Waals surface area contributed by atoms with Crippen molar-refractivity contribution in [2.45, 2.75) is 6.92 Å². The molecule has 94 valence electrons. The Labute approximate surface area is 112 Å². The lowest BCUT2D eigenvalue weighted by atomic mass is 10.1. The number of benzene rings is 2. The van der Waals surface area contributed by atoms with Gasteiger partial charge in [-0.1, -0.05) is 48.5 Å². The van der Waals surface area contributed by atoms with Gasteiger partial charge in [0.25, 0.3) is 0 Å². The molecule has 0 unspecified atom stereocenters. The maximum absolute atomic E-state index is 5.49. The highest BCUT2D eigenvalue weighted by atomic mass is 16.5. The number of ether oxygens (including phenoxy) is 1. The summed E-state index contributed by atoms with van der Waals surface area (Å²) in [7, 11) is 1.69. The molecule has 0 N–H and O–H groups in total. The minimum Gasteiger partial charge on any atom is -0.494 e. The van der Waals surface area contributed by atoms with Crippen molar-refractivity contribution >= 4 is 10.9 Å². The molecule has 3 aromatic rings. The number of aromatic nitrogens is 1. The van der Waals surface area contributed by atoms with Crippen molar-refractivity contribution in [3.05, 3.63) is 60.2 Å². The molecule has 0 saturated heterocycles. The maximum Gasteiger partial charge on any atom is 0.145 e. The van der Waals surface area contributed by atoms with Crippen LogP contribution in [0, 0.1) is 6.92 Å². The molecule has 1 aromatic heterocycles. The van der Waals surface area contributed by atoms with Crippen LogP contribution in [0.2, 0.25) is 0 Å². The van der Waals surface area contributed by atoms with Gasteiger partial charge in [0, 0.05) is 10.9 Å². The second-order valence-corrected chi connectivity index (χ2v) is 4.55. The van der Waals surface area contributed by atoms with Gasteiger partial charge in [0.05, 0.1) is 12.6 Å². The molecule has 0 radical (unpaired) electrons. The molecule has 0 saturated carbocycles. The highest BCUT2D eigenvalue weighted by molar-refractivity contribution is 5.87. The Bertz CT molecular complexity index is 720. The van der Waals surface area contributed by atoms with E-state index >= 15 is 0 Å². The predicted octanol–water partition coefficient (Wildman–Crippen LogP) is 4.22. The average Bonchev–Trinajstić information content (AvgIpc) is 2.47. The minimum atomic E-state index is 0.810. The van der Waals surface area contributed by atoms with E-state index in [1.165, 1.54) is 5.56 Å². The summed E-state index contributed by atoms with van der Waals surface area (Å²) in [5.41, 5.74) is 4.17. The van der Waals surface area contributed by atoms with E-state index in [9.17, 15) is 0 Å². The van der Waals surface area contributed by atoms with E-state index < -0.39 is 0 Å². The van der Waals surface area contributed by atoms with E-state index in [4.69, 9.17) is 9.72 Å². The van der Waals surface area contributed by atoms with Gasteiger partial charge in [-0.15, -0.1) is 0 Å². The Kier molecular flexibility index (Phi) is 2.92. The summed E-state index contributed by atoms with van der Waals surface area (Å²) in [5, 5.41) is 1.11. The summed E-state index contributed by atoms with van der Waals surface area (Å²) in [6.07, 6.45) is 0. The van der Waals surface area contributed by atoms with Gasteiger partial charge in [0.2, 0.25) is 0 Å². The quantitative estimate of drug-likeness (QED) is 0.678. The van der Waals surface area contributed by atoms with E-state index in [0.717, 1.165) is 27.9 Å². The van der Waals surface area contributed by atoms with E-state index in [0.29, 0.717) is 0 Å². The number of nitrogens with zero attached hydrogens (tertiary/aromatic N) is 1. The highest BCUT2D eigenvalue weighted by Gasteiger charge is 2.10. The number of methoxy groups -OCH3 is 1. The fourth-order valence-electron chi connectivity index (χ4n) is 2.29. The second kappa shape index (κ2) is 4.73. The van der Waals surface area contributed by atoms with Gasteiger partial charge in [-0.3, -0.25) is 0 Å². The molecule has 2 heteroatoms. The molecule has 0 spiro atoms. The highest BCUT2D eigenvalue weighted by Crippen LogP contribution is 2.31.